The van der Waals surface area contributed by atoms with Crippen LogP contribution in [0.2, 0.25) is 0 Å². The molecule has 122 valence electrons. The van der Waals surface area contributed by atoms with Gasteiger partial charge >= 0.3 is 6.09 Å². The van der Waals surface area contributed by atoms with Crippen LogP contribution in [0.25, 0.3) is 0 Å². The maximum absolute atomic E-state index is 12.1. The molecule has 2 aliphatic rings. The predicted molar refractivity (Wildman–Crippen MR) is 82.4 cm³/mol. The van der Waals surface area contributed by atoms with Crippen LogP contribution in [0.4, 0.5) is 4.79 Å². The third-order valence-corrected chi connectivity index (χ3v) is 4.21. The van der Waals surface area contributed by atoms with E-state index in [1.807, 2.05) is 25.7 Å². The predicted octanol–water partition coefficient (Wildman–Crippen LogP) is 2.54. The molecule has 2 heterocycles. The molecule has 2 fully saturated rings. The standard InChI is InChI=1S/C16H30N2O3/c1-12-14(8-11-20-12)17-13-6-5-9-18(10-7-13)15(19)21-16(2,3)4/h12-14,17H,5-11H2,1-4H3/t12-,13+,14-/m0/s1. The highest BCUT2D eigenvalue weighted by Crippen LogP contribution is 2.19. The zero-order valence-corrected chi connectivity index (χ0v) is 13.9. The Morgan fingerprint density at radius 2 is 2.00 bits per heavy atom. The highest BCUT2D eigenvalue weighted by molar-refractivity contribution is 5.68. The molecule has 5 nitrogen and oxygen atoms in total. The van der Waals surface area contributed by atoms with Crippen LogP contribution in [0.3, 0.4) is 0 Å². The van der Waals surface area contributed by atoms with Crippen molar-refractivity contribution in [3.05, 3.63) is 0 Å². The summed E-state index contributed by atoms with van der Waals surface area (Å²) >= 11 is 0. The highest BCUT2D eigenvalue weighted by atomic mass is 16.6. The van der Waals surface area contributed by atoms with E-state index in [9.17, 15) is 4.79 Å². The molecule has 1 amide bonds. The lowest BCUT2D eigenvalue weighted by Gasteiger charge is -2.27. The number of carbonyl (C=O) groups excluding carboxylic acids is 1. The number of amides is 1. The van der Waals surface area contributed by atoms with Crippen LogP contribution in [0.15, 0.2) is 0 Å². The molecular weight excluding hydrogens is 268 g/mol. The Hall–Kier alpha value is -0.810. The van der Waals surface area contributed by atoms with Gasteiger partial charge in [-0.15, -0.1) is 0 Å². The van der Waals surface area contributed by atoms with Crippen LogP contribution in [0, 0.1) is 0 Å². The van der Waals surface area contributed by atoms with Gasteiger partial charge in [0.05, 0.1) is 6.10 Å². The molecule has 0 saturated carbocycles. The summed E-state index contributed by atoms with van der Waals surface area (Å²) in [5.74, 6) is 0. The first-order valence-corrected chi connectivity index (χ1v) is 8.21. The monoisotopic (exact) mass is 298 g/mol. The van der Waals surface area contributed by atoms with E-state index >= 15 is 0 Å². The second kappa shape index (κ2) is 6.97. The largest absolute Gasteiger partial charge is 0.444 e. The van der Waals surface area contributed by atoms with Crippen molar-refractivity contribution in [2.75, 3.05) is 19.7 Å². The first-order chi connectivity index (χ1) is 9.85. The minimum absolute atomic E-state index is 0.180. The summed E-state index contributed by atoms with van der Waals surface area (Å²) in [6.45, 7) is 10.3. The second-order valence-electron chi connectivity index (χ2n) is 7.23. The fourth-order valence-electron chi connectivity index (χ4n) is 3.03. The second-order valence-corrected chi connectivity index (χ2v) is 7.23. The Bertz CT molecular complexity index is 354. The summed E-state index contributed by atoms with van der Waals surface area (Å²) in [5, 5.41) is 3.71. The van der Waals surface area contributed by atoms with E-state index in [1.54, 1.807) is 0 Å². The summed E-state index contributed by atoms with van der Waals surface area (Å²) in [4.78, 5) is 14.0. The Labute approximate surface area is 128 Å². The van der Waals surface area contributed by atoms with E-state index in [4.69, 9.17) is 9.47 Å². The Morgan fingerprint density at radius 3 is 2.62 bits per heavy atom. The molecule has 0 aromatic carbocycles. The molecule has 0 aromatic heterocycles. The van der Waals surface area contributed by atoms with Gasteiger partial charge in [0, 0.05) is 31.8 Å². The van der Waals surface area contributed by atoms with Crippen molar-refractivity contribution in [1.82, 2.24) is 10.2 Å². The van der Waals surface area contributed by atoms with Gasteiger partial charge in [-0.05, 0) is 53.4 Å². The smallest absolute Gasteiger partial charge is 0.410 e. The fraction of sp³-hybridized carbons (Fsp3) is 0.938. The molecule has 0 spiro atoms. The molecule has 0 unspecified atom stereocenters. The number of carbonyl (C=O) groups is 1. The maximum Gasteiger partial charge on any atom is 0.410 e. The van der Waals surface area contributed by atoms with E-state index in [-0.39, 0.29) is 6.09 Å². The average Bonchev–Trinajstić information content (AvgIpc) is 2.62. The van der Waals surface area contributed by atoms with Gasteiger partial charge in [0.15, 0.2) is 0 Å². The van der Waals surface area contributed by atoms with Crippen molar-refractivity contribution in [1.29, 1.82) is 0 Å². The third-order valence-electron chi connectivity index (χ3n) is 4.21. The molecule has 1 N–H and O–H groups in total. The Kier molecular flexibility index (Phi) is 5.49. The summed E-state index contributed by atoms with van der Waals surface area (Å²) in [5.41, 5.74) is -0.419. The third kappa shape index (κ3) is 5.15. The lowest BCUT2D eigenvalue weighted by molar-refractivity contribution is 0.0255. The molecule has 2 aliphatic heterocycles. The van der Waals surface area contributed by atoms with Gasteiger partial charge in [-0.2, -0.15) is 0 Å². The minimum Gasteiger partial charge on any atom is -0.444 e. The van der Waals surface area contributed by atoms with Gasteiger partial charge in [0.2, 0.25) is 0 Å². The van der Waals surface area contributed by atoms with Crippen molar-refractivity contribution in [2.24, 2.45) is 0 Å². The zero-order chi connectivity index (χ0) is 15.5. The SMILES string of the molecule is C[C@@H]1OCC[C@@H]1N[C@@H]1CCCN(C(=O)OC(C)(C)C)CC1. The van der Waals surface area contributed by atoms with E-state index in [1.165, 1.54) is 0 Å². The molecule has 2 saturated heterocycles. The van der Waals surface area contributed by atoms with Crippen molar-refractivity contribution in [3.8, 4) is 0 Å². The molecule has 0 aliphatic carbocycles. The molecule has 0 aromatic rings. The van der Waals surface area contributed by atoms with Crippen molar-refractivity contribution in [3.63, 3.8) is 0 Å². The zero-order valence-electron chi connectivity index (χ0n) is 13.9. The van der Waals surface area contributed by atoms with Crippen molar-refractivity contribution in [2.45, 2.75) is 77.2 Å². The van der Waals surface area contributed by atoms with Crippen LogP contribution >= 0.6 is 0 Å². The quantitative estimate of drug-likeness (QED) is 0.851. The number of nitrogens with one attached hydrogen (secondary N) is 1. The fourth-order valence-corrected chi connectivity index (χ4v) is 3.03. The van der Waals surface area contributed by atoms with Crippen molar-refractivity contribution < 1.29 is 14.3 Å². The number of hydrogen-bond donors (Lipinski definition) is 1. The molecule has 0 bridgehead atoms. The molecule has 3 atom stereocenters. The van der Waals surface area contributed by atoms with Gasteiger partial charge < -0.3 is 19.7 Å². The van der Waals surface area contributed by atoms with E-state index < -0.39 is 5.60 Å². The van der Waals surface area contributed by atoms with Crippen LogP contribution in [-0.2, 0) is 9.47 Å². The minimum atomic E-state index is -0.419. The van der Waals surface area contributed by atoms with Gasteiger partial charge in [0.25, 0.3) is 0 Å². The average molecular weight is 298 g/mol. The number of likely N-dealkylation sites (tertiary alicyclic amines) is 1. The van der Waals surface area contributed by atoms with Gasteiger partial charge in [-0.1, -0.05) is 0 Å². The van der Waals surface area contributed by atoms with Gasteiger partial charge in [-0.3, -0.25) is 0 Å². The number of ether oxygens (including phenoxy) is 2. The summed E-state index contributed by atoms with van der Waals surface area (Å²) in [6.07, 6.45) is 4.34. The van der Waals surface area contributed by atoms with Crippen LogP contribution in [-0.4, -0.2) is 54.5 Å². The topological polar surface area (TPSA) is 50.8 Å². The van der Waals surface area contributed by atoms with Crippen molar-refractivity contribution >= 4 is 6.09 Å². The lowest BCUT2D eigenvalue weighted by Crippen LogP contribution is -2.43. The van der Waals surface area contributed by atoms with Gasteiger partial charge in [0.1, 0.15) is 5.60 Å². The van der Waals surface area contributed by atoms with Gasteiger partial charge in [-0.25, -0.2) is 4.79 Å². The van der Waals surface area contributed by atoms with Crippen LogP contribution < -0.4 is 5.32 Å². The lowest BCUT2D eigenvalue weighted by atomic mass is 10.1. The van der Waals surface area contributed by atoms with E-state index in [0.717, 1.165) is 45.4 Å². The molecule has 5 heteroatoms. The first-order valence-electron chi connectivity index (χ1n) is 8.21. The van der Waals surface area contributed by atoms with Crippen LogP contribution in [0.5, 0.6) is 0 Å². The Balaban J connectivity index is 1.80. The first kappa shape index (κ1) is 16.6. The van der Waals surface area contributed by atoms with E-state index in [2.05, 4.69) is 12.2 Å². The highest BCUT2D eigenvalue weighted by Gasteiger charge is 2.29. The van der Waals surface area contributed by atoms with Crippen LogP contribution in [0.1, 0.15) is 53.4 Å². The summed E-state index contributed by atoms with van der Waals surface area (Å²) in [6, 6.07) is 0.940. The normalized spacial score (nSPS) is 31.0. The van der Waals surface area contributed by atoms with E-state index in [0.29, 0.717) is 18.2 Å². The number of nitrogens with zero attached hydrogens (tertiary/aromatic N) is 1. The molecule has 0 radical (unpaired) electrons. The summed E-state index contributed by atoms with van der Waals surface area (Å²) < 4.78 is 11.1. The number of rotatable bonds is 2. The molecule has 21 heavy (non-hydrogen) atoms. The molecule has 2 rings (SSSR count). The Morgan fingerprint density at radius 1 is 1.24 bits per heavy atom. The molecular formula is C16H30N2O3. The number of hydrogen-bond acceptors (Lipinski definition) is 4. The maximum atomic E-state index is 12.1. The summed E-state index contributed by atoms with van der Waals surface area (Å²) in [7, 11) is 0.